The maximum atomic E-state index is 4.25. The molecule has 0 atom stereocenters. The van der Waals surface area contributed by atoms with Gasteiger partial charge in [0.15, 0.2) is 5.96 Å². The summed E-state index contributed by atoms with van der Waals surface area (Å²) in [5, 5.41) is 10.9. The number of guanidine groups is 1. The van der Waals surface area contributed by atoms with Crippen LogP contribution in [0.3, 0.4) is 0 Å². The molecule has 0 bridgehead atoms. The largest absolute Gasteiger partial charge is 0.352 e. The van der Waals surface area contributed by atoms with Gasteiger partial charge in [0.05, 0.1) is 0 Å². The summed E-state index contributed by atoms with van der Waals surface area (Å²) >= 11 is 1.71. The first kappa shape index (κ1) is 19.9. The molecule has 0 unspecified atom stereocenters. The zero-order chi connectivity index (χ0) is 15.8. The van der Waals surface area contributed by atoms with Gasteiger partial charge < -0.3 is 15.5 Å². The standard InChI is InChI=1S/C17H24N4S.HI/c1-18-17(20-11-16-8-9-22-13-16)19-10-14-4-6-15(7-5-14)12-21(2)3;/h4-9,13H,10-12H2,1-3H3,(H2,18,19,20);1H. The lowest BCUT2D eigenvalue weighted by Crippen LogP contribution is -2.36. The predicted octanol–water partition coefficient (Wildman–Crippen LogP) is 3.29. The number of halogens is 1. The van der Waals surface area contributed by atoms with Gasteiger partial charge in [-0.15, -0.1) is 24.0 Å². The molecule has 6 heteroatoms. The van der Waals surface area contributed by atoms with E-state index in [-0.39, 0.29) is 24.0 Å². The van der Waals surface area contributed by atoms with E-state index in [0.29, 0.717) is 0 Å². The van der Waals surface area contributed by atoms with Crippen LogP contribution in [0.1, 0.15) is 16.7 Å². The molecule has 1 aromatic heterocycles. The molecule has 1 heterocycles. The van der Waals surface area contributed by atoms with Crippen molar-refractivity contribution in [3.05, 3.63) is 57.8 Å². The Balaban J connectivity index is 0.00000264. The number of thiophene rings is 1. The van der Waals surface area contributed by atoms with Crippen molar-refractivity contribution in [2.75, 3.05) is 21.1 Å². The minimum absolute atomic E-state index is 0. The second-order valence-corrected chi connectivity index (χ2v) is 6.25. The molecule has 0 aliphatic carbocycles. The van der Waals surface area contributed by atoms with Crippen molar-refractivity contribution in [2.24, 2.45) is 4.99 Å². The molecule has 23 heavy (non-hydrogen) atoms. The summed E-state index contributed by atoms with van der Waals surface area (Å²) in [5.41, 5.74) is 3.86. The first-order valence-electron chi connectivity index (χ1n) is 7.35. The highest BCUT2D eigenvalue weighted by Crippen LogP contribution is 2.06. The van der Waals surface area contributed by atoms with Gasteiger partial charge in [-0.2, -0.15) is 11.3 Å². The zero-order valence-corrected chi connectivity index (χ0v) is 17.0. The van der Waals surface area contributed by atoms with Crippen LogP contribution in [-0.4, -0.2) is 32.0 Å². The topological polar surface area (TPSA) is 39.7 Å². The molecule has 0 amide bonds. The lowest BCUT2D eigenvalue weighted by atomic mass is 10.1. The van der Waals surface area contributed by atoms with E-state index in [1.807, 2.05) is 0 Å². The van der Waals surface area contributed by atoms with Gasteiger partial charge in [0, 0.05) is 26.7 Å². The SMILES string of the molecule is CN=C(NCc1ccc(CN(C)C)cc1)NCc1ccsc1.I. The number of hydrogen-bond acceptors (Lipinski definition) is 3. The summed E-state index contributed by atoms with van der Waals surface area (Å²) < 4.78 is 0. The van der Waals surface area contributed by atoms with Crippen LogP contribution in [0.5, 0.6) is 0 Å². The number of nitrogens with zero attached hydrogens (tertiary/aromatic N) is 2. The van der Waals surface area contributed by atoms with Crippen LogP contribution in [0.4, 0.5) is 0 Å². The first-order valence-corrected chi connectivity index (χ1v) is 8.30. The van der Waals surface area contributed by atoms with Crippen LogP contribution in [0, 0.1) is 0 Å². The van der Waals surface area contributed by atoms with Crippen molar-refractivity contribution < 1.29 is 0 Å². The molecule has 2 aromatic rings. The highest BCUT2D eigenvalue weighted by atomic mass is 127. The normalized spacial score (nSPS) is 11.2. The van der Waals surface area contributed by atoms with Crippen molar-refractivity contribution in [3.63, 3.8) is 0 Å². The van der Waals surface area contributed by atoms with Gasteiger partial charge in [0.25, 0.3) is 0 Å². The van der Waals surface area contributed by atoms with Gasteiger partial charge in [-0.1, -0.05) is 24.3 Å². The molecule has 0 spiro atoms. The highest BCUT2D eigenvalue weighted by Gasteiger charge is 2.00. The van der Waals surface area contributed by atoms with Gasteiger partial charge in [-0.3, -0.25) is 4.99 Å². The van der Waals surface area contributed by atoms with E-state index < -0.39 is 0 Å². The van der Waals surface area contributed by atoms with Gasteiger partial charge >= 0.3 is 0 Å². The predicted molar refractivity (Wildman–Crippen MR) is 111 cm³/mol. The average Bonchev–Trinajstić information content (AvgIpc) is 3.02. The van der Waals surface area contributed by atoms with Crippen LogP contribution >= 0.6 is 35.3 Å². The van der Waals surface area contributed by atoms with Gasteiger partial charge in [0.1, 0.15) is 0 Å². The number of rotatable bonds is 6. The number of nitrogens with one attached hydrogen (secondary N) is 2. The summed E-state index contributed by atoms with van der Waals surface area (Å²) in [7, 11) is 5.96. The fourth-order valence-electron chi connectivity index (χ4n) is 2.11. The van der Waals surface area contributed by atoms with Crippen LogP contribution < -0.4 is 10.6 Å². The molecule has 0 radical (unpaired) electrons. The Labute approximate surface area is 160 Å². The third-order valence-corrected chi connectivity index (χ3v) is 3.98. The van der Waals surface area contributed by atoms with E-state index >= 15 is 0 Å². The minimum Gasteiger partial charge on any atom is -0.352 e. The van der Waals surface area contributed by atoms with Crippen LogP contribution in [0.15, 0.2) is 46.1 Å². The van der Waals surface area contributed by atoms with Crippen LogP contribution in [-0.2, 0) is 19.6 Å². The summed E-state index contributed by atoms with van der Waals surface area (Å²) in [6.07, 6.45) is 0. The number of aliphatic imine (C=N–C) groups is 1. The molecule has 126 valence electrons. The van der Waals surface area contributed by atoms with Gasteiger partial charge in [0.2, 0.25) is 0 Å². The van der Waals surface area contributed by atoms with E-state index in [0.717, 1.165) is 25.6 Å². The molecule has 4 nitrogen and oxygen atoms in total. The highest BCUT2D eigenvalue weighted by molar-refractivity contribution is 14.0. The fraction of sp³-hybridized carbons (Fsp3) is 0.353. The Kier molecular flexibility index (Phi) is 9.20. The minimum atomic E-state index is 0. The second kappa shape index (κ2) is 10.6. The maximum absolute atomic E-state index is 4.25. The van der Waals surface area contributed by atoms with Crippen molar-refractivity contribution in [2.45, 2.75) is 19.6 Å². The maximum Gasteiger partial charge on any atom is 0.191 e. The molecule has 1 aromatic carbocycles. The number of benzene rings is 1. The Bertz CT molecular complexity index is 579. The summed E-state index contributed by atoms with van der Waals surface area (Å²) in [5.74, 6) is 0.823. The Hall–Kier alpha value is -1.12. The first-order chi connectivity index (χ1) is 10.7. The second-order valence-electron chi connectivity index (χ2n) is 5.47. The molecule has 0 saturated carbocycles. The lowest BCUT2D eigenvalue weighted by Gasteiger charge is -2.13. The van der Waals surface area contributed by atoms with E-state index in [1.54, 1.807) is 18.4 Å². The van der Waals surface area contributed by atoms with E-state index in [2.05, 4.69) is 75.7 Å². The number of hydrogen-bond donors (Lipinski definition) is 2. The lowest BCUT2D eigenvalue weighted by molar-refractivity contribution is 0.402. The van der Waals surface area contributed by atoms with Crippen molar-refractivity contribution in [1.29, 1.82) is 0 Å². The zero-order valence-electron chi connectivity index (χ0n) is 13.9. The molecular formula is C17H25IN4S. The molecule has 0 aliphatic heterocycles. The summed E-state index contributed by atoms with van der Waals surface area (Å²) in [6, 6.07) is 10.8. The molecule has 0 fully saturated rings. The third kappa shape index (κ3) is 7.32. The molecule has 2 rings (SSSR count). The molecule has 0 aliphatic rings. The summed E-state index contributed by atoms with van der Waals surface area (Å²) in [6.45, 7) is 2.54. The van der Waals surface area contributed by atoms with E-state index in [1.165, 1.54) is 16.7 Å². The Morgan fingerprint density at radius 2 is 1.61 bits per heavy atom. The Morgan fingerprint density at radius 1 is 1.00 bits per heavy atom. The van der Waals surface area contributed by atoms with E-state index in [9.17, 15) is 0 Å². The molecule has 2 N–H and O–H groups in total. The molecule has 0 saturated heterocycles. The molecular weight excluding hydrogens is 419 g/mol. The Morgan fingerprint density at radius 3 is 2.13 bits per heavy atom. The van der Waals surface area contributed by atoms with Crippen molar-refractivity contribution >= 4 is 41.3 Å². The average molecular weight is 444 g/mol. The van der Waals surface area contributed by atoms with Crippen LogP contribution in [0.25, 0.3) is 0 Å². The van der Waals surface area contributed by atoms with Crippen LogP contribution in [0.2, 0.25) is 0 Å². The monoisotopic (exact) mass is 444 g/mol. The van der Waals surface area contributed by atoms with Crippen molar-refractivity contribution in [3.8, 4) is 0 Å². The quantitative estimate of drug-likeness (QED) is 0.408. The van der Waals surface area contributed by atoms with Gasteiger partial charge in [-0.05, 0) is 47.6 Å². The van der Waals surface area contributed by atoms with E-state index in [4.69, 9.17) is 0 Å². The smallest absolute Gasteiger partial charge is 0.191 e. The van der Waals surface area contributed by atoms with Crippen molar-refractivity contribution in [1.82, 2.24) is 15.5 Å². The van der Waals surface area contributed by atoms with Gasteiger partial charge in [-0.25, -0.2) is 0 Å². The summed E-state index contributed by atoms with van der Waals surface area (Å²) in [4.78, 5) is 6.42. The third-order valence-electron chi connectivity index (χ3n) is 3.25. The fourth-order valence-corrected chi connectivity index (χ4v) is 2.78.